The van der Waals surface area contributed by atoms with Crippen molar-refractivity contribution in [3.05, 3.63) is 58.4 Å². The zero-order valence-corrected chi connectivity index (χ0v) is 9.01. The molecule has 0 fully saturated rings. The van der Waals surface area contributed by atoms with Crippen LogP contribution in [0.4, 0.5) is 0 Å². The molecule has 0 atom stereocenters. The summed E-state index contributed by atoms with van der Waals surface area (Å²) < 4.78 is 0. The number of aromatic nitrogens is 1. The molecular formula is C13H11NO3. The van der Waals surface area contributed by atoms with E-state index in [0.717, 1.165) is 5.56 Å². The molecule has 0 aliphatic carbocycles. The molecule has 86 valence electrons. The number of aliphatic carboxylic acids is 1. The van der Waals surface area contributed by atoms with Crippen LogP contribution in [0, 0.1) is 0 Å². The van der Waals surface area contributed by atoms with Crippen LogP contribution in [-0.4, -0.2) is 16.1 Å². The van der Waals surface area contributed by atoms with Crippen LogP contribution in [0.1, 0.15) is 5.56 Å². The first-order valence-corrected chi connectivity index (χ1v) is 5.16. The molecule has 0 radical (unpaired) electrons. The van der Waals surface area contributed by atoms with Gasteiger partial charge in [-0.3, -0.25) is 9.59 Å². The number of carboxylic acids is 1. The van der Waals surface area contributed by atoms with Gasteiger partial charge in [-0.25, -0.2) is 0 Å². The molecule has 1 aromatic carbocycles. The zero-order chi connectivity index (χ0) is 12.3. The van der Waals surface area contributed by atoms with Crippen LogP contribution in [0.2, 0.25) is 0 Å². The predicted octanol–water partition coefficient (Wildman–Crippen LogP) is 1.67. The van der Waals surface area contributed by atoms with Gasteiger partial charge in [-0.1, -0.05) is 36.4 Å². The van der Waals surface area contributed by atoms with Crippen LogP contribution in [0.15, 0.2) is 47.3 Å². The van der Waals surface area contributed by atoms with Gasteiger partial charge >= 0.3 is 5.97 Å². The lowest BCUT2D eigenvalue weighted by atomic mass is 10.0. The van der Waals surface area contributed by atoms with Gasteiger partial charge in [0.1, 0.15) is 0 Å². The van der Waals surface area contributed by atoms with Crippen LogP contribution in [0.3, 0.4) is 0 Å². The second-order valence-corrected chi connectivity index (χ2v) is 3.66. The Hall–Kier alpha value is -2.36. The van der Waals surface area contributed by atoms with Gasteiger partial charge in [0.25, 0.3) is 0 Å². The van der Waals surface area contributed by atoms with E-state index in [4.69, 9.17) is 5.11 Å². The molecule has 0 bridgehead atoms. The maximum absolute atomic E-state index is 11.3. The molecule has 17 heavy (non-hydrogen) atoms. The standard InChI is InChI=1S/C13H11NO3/c15-11-7-6-10(8-12(16)17)13(14-11)9-4-2-1-3-5-9/h1-7H,8H2,(H,14,15)(H,16,17). The van der Waals surface area contributed by atoms with E-state index in [0.29, 0.717) is 11.3 Å². The van der Waals surface area contributed by atoms with Crippen molar-refractivity contribution in [2.24, 2.45) is 0 Å². The minimum atomic E-state index is -0.922. The molecule has 0 saturated carbocycles. The number of hydrogen-bond donors (Lipinski definition) is 2. The third kappa shape index (κ3) is 2.60. The van der Waals surface area contributed by atoms with Crippen molar-refractivity contribution in [1.29, 1.82) is 0 Å². The zero-order valence-electron chi connectivity index (χ0n) is 9.01. The van der Waals surface area contributed by atoms with Crippen LogP contribution >= 0.6 is 0 Å². The summed E-state index contributed by atoms with van der Waals surface area (Å²) in [7, 11) is 0. The number of benzene rings is 1. The van der Waals surface area contributed by atoms with Gasteiger partial charge in [-0.2, -0.15) is 0 Å². The lowest BCUT2D eigenvalue weighted by Crippen LogP contribution is -2.10. The molecule has 2 rings (SSSR count). The Labute approximate surface area is 97.6 Å². The number of carbonyl (C=O) groups is 1. The van der Waals surface area contributed by atoms with Crippen LogP contribution < -0.4 is 5.56 Å². The van der Waals surface area contributed by atoms with E-state index in [1.54, 1.807) is 6.07 Å². The van der Waals surface area contributed by atoms with Crippen molar-refractivity contribution in [3.63, 3.8) is 0 Å². The monoisotopic (exact) mass is 229 g/mol. The van der Waals surface area contributed by atoms with E-state index in [1.807, 2.05) is 30.3 Å². The van der Waals surface area contributed by atoms with E-state index < -0.39 is 5.97 Å². The molecule has 4 nitrogen and oxygen atoms in total. The normalized spacial score (nSPS) is 10.1. The summed E-state index contributed by atoms with van der Waals surface area (Å²) in [6.45, 7) is 0. The van der Waals surface area contributed by atoms with Gasteiger partial charge in [-0.15, -0.1) is 0 Å². The molecule has 0 saturated heterocycles. The highest BCUT2D eigenvalue weighted by atomic mass is 16.4. The van der Waals surface area contributed by atoms with Crippen molar-refractivity contribution in [2.45, 2.75) is 6.42 Å². The second kappa shape index (κ2) is 4.65. The molecule has 0 amide bonds. The van der Waals surface area contributed by atoms with Gasteiger partial charge in [0.05, 0.1) is 12.1 Å². The molecule has 4 heteroatoms. The number of hydrogen-bond acceptors (Lipinski definition) is 2. The van der Waals surface area contributed by atoms with Gasteiger partial charge in [0.15, 0.2) is 0 Å². The molecule has 1 aromatic heterocycles. The Bertz CT molecular complexity index is 587. The second-order valence-electron chi connectivity index (χ2n) is 3.66. The summed E-state index contributed by atoms with van der Waals surface area (Å²) >= 11 is 0. The van der Waals surface area contributed by atoms with Crippen molar-refractivity contribution in [2.75, 3.05) is 0 Å². The largest absolute Gasteiger partial charge is 0.481 e. The fourth-order valence-electron chi connectivity index (χ4n) is 1.68. The Morgan fingerprint density at radius 1 is 1.12 bits per heavy atom. The lowest BCUT2D eigenvalue weighted by Gasteiger charge is -2.07. The van der Waals surface area contributed by atoms with Gasteiger partial charge in [0.2, 0.25) is 5.56 Å². The molecule has 1 heterocycles. The molecule has 0 unspecified atom stereocenters. The number of aromatic amines is 1. The first kappa shape index (κ1) is 11.1. The Balaban J connectivity index is 2.55. The van der Waals surface area contributed by atoms with Crippen LogP contribution in [0.25, 0.3) is 11.3 Å². The lowest BCUT2D eigenvalue weighted by molar-refractivity contribution is -0.136. The molecular weight excluding hydrogens is 218 g/mol. The number of carboxylic acid groups (broad SMARTS) is 1. The van der Waals surface area contributed by atoms with Crippen molar-refractivity contribution >= 4 is 5.97 Å². The predicted molar refractivity (Wildman–Crippen MR) is 63.8 cm³/mol. The summed E-state index contributed by atoms with van der Waals surface area (Å²) in [5.74, 6) is -0.922. The molecule has 2 aromatic rings. The highest BCUT2D eigenvalue weighted by molar-refractivity contribution is 5.74. The van der Waals surface area contributed by atoms with Crippen molar-refractivity contribution in [1.82, 2.24) is 4.98 Å². The first-order valence-electron chi connectivity index (χ1n) is 5.16. The van der Waals surface area contributed by atoms with Crippen molar-refractivity contribution < 1.29 is 9.90 Å². The van der Waals surface area contributed by atoms with E-state index in [9.17, 15) is 9.59 Å². The summed E-state index contributed by atoms with van der Waals surface area (Å²) in [6.07, 6.45) is -0.110. The van der Waals surface area contributed by atoms with Gasteiger partial charge in [-0.05, 0) is 11.1 Å². The first-order chi connectivity index (χ1) is 8.16. The number of pyridine rings is 1. The SMILES string of the molecule is O=C(O)Cc1ccc(=O)[nH]c1-c1ccccc1. The minimum Gasteiger partial charge on any atom is -0.481 e. The van der Waals surface area contributed by atoms with E-state index in [-0.39, 0.29) is 12.0 Å². The molecule has 0 aliphatic heterocycles. The summed E-state index contributed by atoms with van der Waals surface area (Å²) in [4.78, 5) is 24.7. The third-order valence-corrected chi connectivity index (χ3v) is 2.41. The average molecular weight is 229 g/mol. The smallest absolute Gasteiger partial charge is 0.307 e. The van der Waals surface area contributed by atoms with Crippen LogP contribution in [0.5, 0.6) is 0 Å². The number of rotatable bonds is 3. The quantitative estimate of drug-likeness (QED) is 0.841. The average Bonchev–Trinajstić information content (AvgIpc) is 2.32. The van der Waals surface area contributed by atoms with E-state index >= 15 is 0 Å². The molecule has 0 aliphatic rings. The fourth-order valence-corrected chi connectivity index (χ4v) is 1.68. The maximum Gasteiger partial charge on any atom is 0.307 e. The topological polar surface area (TPSA) is 70.2 Å². The minimum absolute atomic E-state index is 0.110. The Morgan fingerprint density at radius 2 is 1.82 bits per heavy atom. The van der Waals surface area contributed by atoms with E-state index in [1.165, 1.54) is 6.07 Å². The number of H-pyrrole nitrogens is 1. The maximum atomic E-state index is 11.3. The number of nitrogens with one attached hydrogen (secondary N) is 1. The van der Waals surface area contributed by atoms with E-state index in [2.05, 4.69) is 4.98 Å². The van der Waals surface area contributed by atoms with Crippen molar-refractivity contribution in [3.8, 4) is 11.3 Å². The fraction of sp³-hybridized carbons (Fsp3) is 0.0769. The summed E-state index contributed by atoms with van der Waals surface area (Å²) in [5, 5.41) is 8.82. The molecule has 0 spiro atoms. The third-order valence-electron chi connectivity index (χ3n) is 2.41. The van der Waals surface area contributed by atoms with Crippen LogP contribution in [-0.2, 0) is 11.2 Å². The van der Waals surface area contributed by atoms with Gasteiger partial charge in [0, 0.05) is 6.07 Å². The van der Waals surface area contributed by atoms with Gasteiger partial charge < -0.3 is 10.1 Å². The molecule has 2 N–H and O–H groups in total. The summed E-state index contributed by atoms with van der Waals surface area (Å²) in [6, 6.07) is 12.1. The highest BCUT2D eigenvalue weighted by Gasteiger charge is 2.09. The highest BCUT2D eigenvalue weighted by Crippen LogP contribution is 2.19. The summed E-state index contributed by atoms with van der Waals surface area (Å²) in [5.41, 5.74) is 1.74. The Kier molecular flexibility index (Phi) is 3.05. The Morgan fingerprint density at radius 3 is 2.47 bits per heavy atom.